The van der Waals surface area contributed by atoms with E-state index in [9.17, 15) is 9.18 Å². The van der Waals surface area contributed by atoms with Gasteiger partial charge in [-0.2, -0.15) is 0 Å². The smallest absolute Gasteiger partial charge is 0.270 e. The van der Waals surface area contributed by atoms with E-state index in [1.807, 2.05) is 49.4 Å². The maximum Gasteiger partial charge on any atom is 0.270 e. The zero-order chi connectivity index (χ0) is 25.7. The van der Waals surface area contributed by atoms with Crippen molar-refractivity contribution in [3.63, 3.8) is 0 Å². The maximum absolute atomic E-state index is 13.6. The van der Waals surface area contributed by atoms with Gasteiger partial charge in [-0.15, -0.1) is 6.58 Å². The highest BCUT2D eigenvalue weighted by molar-refractivity contribution is 8.27. The van der Waals surface area contributed by atoms with Gasteiger partial charge in [0.1, 0.15) is 12.4 Å². The first kappa shape index (κ1) is 25.9. The van der Waals surface area contributed by atoms with Crippen LogP contribution in [0.15, 0.2) is 78.2 Å². The molecular weight excluding hydrogens is 517 g/mol. The minimum absolute atomic E-state index is 0.0768. The predicted octanol–water partition coefficient (Wildman–Crippen LogP) is 7.59. The molecule has 0 aromatic heterocycles. The molecule has 0 bridgehead atoms. The monoisotopic (exact) mass is 539 g/mol. The third kappa shape index (κ3) is 5.81. The summed E-state index contributed by atoms with van der Waals surface area (Å²) >= 11 is 12.5. The fourth-order valence-electron chi connectivity index (χ4n) is 3.70. The number of hydrogen-bond acceptors (Lipinski definition) is 5. The molecule has 184 valence electrons. The molecule has 3 aromatic rings. The van der Waals surface area contributed by atoms with Gasteiger partial charge in [0.2, 0.25) is 0 Å². The standard InChI is InChI=1S/C28H23ClFNO3S2/c1-3-8-20-13-19(14-24(33-4-2)26(20)34-17-18-9-6-5-7-10-18)15-25-27(32)31(28(35)36-25)21-11-12-23(30)22(29)16-21/h3,5-7,9-16H,1,4,8,17H2,2H3/b25-15-. The van der Waals surface area contributed by atoms with E-state index in [0.29, 0.717) is 46.0 Å². The van der Waals surface area contributed by atoms with Crippen LogP contribution in [0.3, 0.4) is 0 Å². The lowest BCUT2D eigenvalue weighted by atomic mass is 10.0. The topological polar surface area (TPSA) is 38.8 Å². The Balaban J connectivity index is 1.67. The molecule has 0 radical (unpaired) electrons. The summed E-state index contributed by atoms with van der Waals surface area (Å²) in [7, 11) is 0. The van der Waals surface area contributed by atoms with Crippen molar-refractivity contribution in [1.82, 2.24) is 0 Å². The largest absolute Gasteiger partial charge is 0.490 e. The first-order valence-electron chi connectivity index (χ1n) is 11.2. The number of carbonyl (C=O) groups excluding carboxylic acids is 1. The molecule has 1 aliphatic rings. The number of ether oxygens (including phenoxy) is 2. The summed E-state index contributed by atoms with van der Waals surface area (Å²) in [5.41, 5.74) is 3.11. The number of carbonyl (C=O) groups is 1. The Hall–Kier alpha value is -3.13. The molecule has 36 heavy (non-hydrogen) atoms. The quantitative estimate of drug-likeness (QED) is 0.159. The van der Waals surface area contributed by atoms with Crippen molar-refractivity contribution >= 4 is 57.6 Å². The van der Waals surface area contributed by atoms with Crippen LogP contribution in [0.25, 0.3) is 6.08 Å². The number of allylic oxidation sites excluding steroid dienone is 1. The van der Waals surface area contributed by atoms with E-state index in [0.717, 1.165) is 16.7 Å². The van der Waals surface area contributed by atoms with Crippen molar-refractivity contribution in [2.24, 2.45) is 0 Å². The third-order valence-corrected chi connectivity index (χ3v) is 6.89. The van der Waals surface area contributed by atoms with Crippen LogP contribution in [0.5, 0.6) is 11.5 Å². The fraction of sp³-hybridized carbons (Fsp3) is 0.143. The van der Waals surface area contributed by atoms with Gasteiger partial charge in [0.15, 0.2) is 15.8 Å². The van der Waals surface area contributed by atoms with Crippen LogP contribution >= 0.6 is 35.6 Å². The number of hydrogen-bond donors (Lipinski definition) is 0. The van der Waals surface area contributed by atoms with E-state index in [1.54, 1.807) is 12.2 Å². The lowest BCUT2D eigenvalue weighted by Crippen LogP contribution is -2.27. The molecule has 0 spiro atoms. The van der Waals surface area contributed by atoms with E-state index in [4.69, 9.17) is 33.3 Å². The molecule has 0 unspecified atom stereocenters. The van der Waals surface area contributed by atoms with E-state index < -0.39 is 5.82 Å². The summed E-state index contributed by atoms with van der Waals surface area (Å²) < 4.78 is 26.1. The zero-order valence-corrected chi connectivity index (χ0v) is 21.9. The third-order valence-electron chi connectivity index (χ3n) is 5.30. The van der Waals surface area contributed by atoms with Gasteiger partial charge in [-0.1, -0.05) is 72.0 Å². The van der Waals surface area contributed by atoms with Gasteiger partial charge >= 0.3 is 0 Å². The number of rotatable bonds is 9. The summed E-state index contributed by atoms with van der Waals surface area (Å²) in [6.45, 7) is 6.62. The van der Waals surface area contributed by atoms with Crippen LogP contribution in [-0.4, -0.2) is 16.8 Å². The molecule has 8 heteroatoms. The molecule has 1 amide bonds. The van der Waals surface area contributed by atoms with Gasteiger partial charge in [0.25, 0.3) is 5.91 Å². The van der Waals surface area contributed by atoms with Crippen molar-refractivity contribution in [3.8, 4) is 11.5 Å². The van der Waals surface area contributed by atoms with Gasteiger partial charge in [0, 0.05) is 5.56 Å². The molecule has 1 aliphatic heterocycles. The van der Waals surface area contributed by atoms with Gasteiger partial charge in [-0.3, -0.25) is 9.69 Å². The Bertz CT molecular complexity index is 1340. The Kier molecular flexibility index (Phi) is 8.46. The highest BCUT2D eigenvalue weighted by Gasteiger charge is 2.33. The van der Waals surface area contributed by atoms with Gasteiger partial charge in [-0.05, 0) is 60.9 Å². The molecule has 1 fully saturated rings. The lowest BCUT2D eigenvalue weighted by molar-refractivity contribution is -0.113. The minimum atomic E-state index is -0.561. The summed E-state index contributed by atoms with van der Waals surface area (Å²) in [6.07, 6.45) is 4.11. The number of halogens is 2. The van der Waals surface area contributed by atoms with Gasteiger partial charge in [0.05, 0.1) is 22.2 Å². The second-order valence-corrected chi connectivity index (χ2v) is 9.91. The Morgan fingerprint density at radius 3 is 2.61 bits per heavy atom. The molecule has 4 nitrogen and oxygen atoms in total. The number of thioether (sulfide) groups is 1. The Labute approximate surface area is 224 Å². The van der Waals surface area contributed by atoms with E-state index in [1.165, 1.54) is 34.9 Å². The average molecular weight is 540 g/mol. The number of anilines is 1. The van der Waals surface area contributed by atoms with Crippen molar-refractivity contribution in [1.29, 1.82) is 0 Å². The molecule has 1 heterocycles. The lowest BCUT2D eigenvalue weighted by Gasteiger charge is -2.17. The summed E-state index contributed by atoms with van der Waals surface area (Å²) in [4.78, 5) is 15.0. The van der Waals surface area contributed by atoms with Crippen LogP contribution in [0.2, 0.25) is 5.02 Å². The number of amides is 1. The van der Waals surface area contributed by atoms with Crippen molar-refractivity contribution in [2.45, 2.75) is 20.0 Å². The SMILES string of the molecule is C=CCc1cc(/C=C2\SC(=S)N(c3ccc(F)c(Cl)c3)C2=O)cc(OCC)c1OCc1ccccc1. The van der Waals surface area contributed by atoms with Crippen LogP contribution < -0.4 is 14.4 Å². The molecular formula is C28H23ClFNO3S2. The van der Waals surface area contributed by atoms with Crippen molar-refractivity contribution in [2.75, 3.05) is 11.5 Å². The Morgan fingerprint density at radius 1 is 1.14 bits per heavy atom. The van der Waals surface area contributed by atoms with Gasteiger partial charge < -0.3 is 9.47 Å². The minimum Gasteiger partial charge on any atom is -0.490 e. The molecule has 0 saturated carbocycles. The molecule has 3 aromatic carbocycles. The average Bonchev–Trinajstić information content (AvgIpc) is 3.14. The van der Waals surface area contributed by atoms with Crippen LogP contribution in [0.1, 0.15) is 23.6 Å². The van der Waals surface area contributed by atoms with Crippen LogP contribution in [-0.2, 0) is 17.8 Å². The van der Waals surface area contributed by atoms with E-state index >= 15 is 0 Å². The maximum atomic E-state index is 13.6. The Morgan fingerprint density at radius 2 is 1.92 bits per heavy atom. The first-order valence-corrected chi connectivity index (χ1v) is 12.8. The van der Waals surface area contributed by atoms with Crippen LogP contribution in [0.4, 0.5) is 10.1 Å². The molecule has 4 rings (SSSR count). The normalized spacial score (nSPS) is 14.4. The van der Waals surface area contributed by atoms with Crippen molar-refractivity contribution < 1.29 is 18.7 Å². The highest BCUT2D eigenvalue weighted by atomic mass is 35.5. The second kappa shape index (κ2) is 11.7. The predicted molar refractivity (Wildman–Crippen MR) is 149 cm³/mol. The fourth-order valence-corrected chi connectivity index (χ4v) is 5.17. The first-order chi connectivity index (χ1) is 17.4. The molecule has 0 atom stereocenters. The molecule has 1 saturated heterocycles. The van der Waals surface area contributed by atoms with Gasteiger partial charge in [-0.25, -0.2) is 4.39 Å². The van der Waals surface area contributed by atoms with Crippen LogP contribution in [0, 0.1) is 5.82 Å². The van der Waals surface area contributed by atoms with E-state index in [-0.39, 0.29) is 10.9 Å². The summed E-state index contributed by atoms with van der Waals surface area (Å²) in [5.74, 6) is 0.362. The second-order valence-electron chi connectivity index (χ2n) is 7.82. The number of nitrogens with zero attached hydrogens (tertiary/aromatic N) is 1. The van der Waals surface area contributed by atoms with E-state index in [2.05, 4.69) is 6.58 Å². The van der Waals surface area contributed by atoms with Crippen molar-refractivity contribution in [3.05, 3.63) is 106 Å². The number of benzene rings is 3. The highest BCUT2D eigenvalue weighted by Crippen LogP contribution is 2.39. The summed E-state index contributed by atoms with van der Waals surface area (Å²) in [6, 6.07) is 17.8. The zero-order valence-electron chi connectivity index (χ0n) is 19.5. The molecule has 0 N–H and O–H groups in total. The summed E-state index contributed by atoms with van der Waals surface area (Å²) in [5, 5.41) is -0.0768. The number of thiocarbonyl (C=S) groups is 1. The molecule has 0 aliphatic carbocycles.